The van der Waals surface area contributed by atoms with Crippen molar-refractivity contribution < 1.29 is 14.3 Å². The quantitative estimate of drug-likeness (QED) is 0.816. The SMILES string of the molecule is COc1ccc([C@H](C)NC(=O)N[C@H](C)Cn2cccn2)cc1OC. The van der Waals surface area contributed by atoms with Gasteiger partial charge in [-0.05, 0) is 37.6 Å². The van der Waals surface area contributed by atoms with Gasteiger partial charge in [-0.2, -0.15) is 5.10 Å². The Hall–Kier alpha value is -2.70. The van der Waals surface area contributed by atoms with Crippen molar-refractivity contribution in [1.82, 2.24) is 20.4 Å². The van der Waals surface area contributed by atoms with E-state index in [0.29, 0.717) is 18.0 Å². The molecule has 2 aromatic rings. The van der Waals surface area contributed by atoms with Crippen LogP contribution in [0.3, 0.4) is 0 Å². The van der Waals surface area contributed by atoms with Crippen molar-refractivity contribution in [2.24, 2.45) is 0 Å². The number of carbonyl (C=O) groups is 1. The minimum absolute atomic E-state index is 0.0393. The molecule has 0 saturated heterocycles. The average molecular weight is 332 g/mol. The maximum atomic E-state index is 12.1. The summed E-state index contributed by atoms with van der Waals surface area (Å²) in [4.78, 5) is 12.1. The van der Waals surface area contributed by atoms with Crippen LogP contribution in [-0.4, -0.2) is 36.1 Å². The Morgan fingerprint density at radius 1 is 1.21 bits per heavy atom. The van der Waals surface area contributed by atoms with Crippen molar-refractivity contribution in [3.8, 4) is 11.5 Å². The lowest BCUT2D eigenvalue weighted by molar-refractivity contribution is 0.233. The molecule has 0 unspecified atom stereocenters. The number of nitrogens with one attached hydrogen (secondary N) is 2. The van der Waals surface area contributed by atoms with E-state index < -0.39 is 0 Å². The molecule has 0 aliphatic carbocycles. The van der Waals surface area contributed by atoms with Gasteiger partial charge >= 0.3 is 6.03 Å². The van der Waals surface area contributed by atoms with Gasteiger partial charge in [0.05, 0.1) is 26.8 Å². The zero-order valence-electron chi connectivity index (χ0n) is 14.4. The molecule has 0 bridgehead atoms. The molecule has 2 N–H and O–H groups in total. The van der Waals surface area contributed by atoms with Crippen LogP contribution in [-0.2, 0) is 6.54 Å². The minimum Gasteiger partial charge on any atom is -0.493 e. The summed E-state index contributed by atoms with van der Waals surface area (Å²) >= 11 is 0. The average Bonchev–Trinajstić information content (AvgIpc) is 3.06. The van der Waals surface area contributed by atoms with Crippen molar-refractivity contribution in [2.45, 2.75) is 32.5 Å². The molecule has 0 spiro atoms. The third-order valence-electron chi connectivity index (χ3n) is 3.65. The summed E-state index contributed by atoms with van der Waals surface area (Å²) in [7, 11) is 3.18. The number of hydrogen-bond donors (Lipinski definition) is 2. The maximum Gasteiger partial charge on any atom is 0.315 e. The molecular weight excluding hydrogens is 308 g/mol. The summed E-state index contributed by atoms with van der Waals surface area (Å²) in [6.45, 7) is 4.46. The molecule has 7 nitrogen and oxygen atoms in total. The lowest BCUT2D eigenvalue weighted by Crippen LogP contribution is -2.43. The number of benzene rings is 1. The van der Waals surface area contributed by atoms with Gasteiger partial charge in [0.2, 0.25) is 0 Å². The van der Waals surface area contributed by atoms with Gasteiger partial charge in [0, 0.05) is 18.4 Å². The van der Waals surface area contributed by atoms with E-state index in [1.807, 2.05) is 44.3 Å². The number of methoxy groups -OCH3 is 2. The molecule has 1 aromatic heterocycles. The van der Waals surface area contributed by atoms with Crippen LogP contribution < -0.4 is 20.1 Å². The number of amides is 2. The molecular formula is C17H24N4O3. The number of urea groups is 1. The Morgan fingerprint density at radius 3 is 2.58 bits per heavy atom. The summed E-state index contributed by atoms with van der Waals surface area (Å²) in [6.07, 6.45) is 3.58. The Morgan fingerprint density at radius 2 is 1.96 bits per heavy atom. The van der Waals surface area contributed by atoms with E-state index in [1.54, 1.807) is 25.1 Å². The van der Waals surface area contributed by atoms with Crippen molar-refractivity contribution >= 4 is 6.03 Å². The van der Waals surface area contributed by atoms with Crippen molar-refractivity contribution in [1.29, 1.82) is 0 Å². The Kier molecular flexibility index (Phi) is 6.06. The largest absolute Gasteiger partial charge is 0.493 e. The highest BCUT2D eigenvalue weighted by molar-refractivity contribution is 5.74. The van der Waals surface area contributed by atoms with Gasteiger partial charge in [-0.15, -0.1) is 0 Å². The summed E-state index contributed by atoms with van der Waals surface area (Å²) in [5.74, 6) is 1.29. The number of nitrogens with zero attached hydrogens (tertiary/aromatic N) is 2. The van der Waals surface area contributed by atoms with Crippen LogP contribution in [0.2, 0.25) is 0 Å². The molecule has 0 fully saturated rings. The molecule has 24 heavy (non-hydrogen) atoms. The summed E-state index contributed by atoms with van der Waals surface area (Å²) in [6, 6.07) is 7.01. The Balaban J connectivity index is 1.91. The van der Waals surface area contributed by atoms with Gasteiger partial charge in [-0.1, -0.05) is 6.07 Å². The fourth-order valence-electron chi connectivity index (χ4n) is 2.40. The van der Waals surface area contributed by atoms with E-state index in [-0.39, 0.29) is 18.1 Å². The molecule has 0 aliphatic heterocycles. The van der Waals surface area contributed by atoms with Crippen LogP contribution in [0.1, 0.15) is 25.5 Å². The molecule has 0 saturated carbocycles. The first-order valence-corrected chi connectivity index (χ1v) is 7.80. The highest BCUT2D eigenvalue weighted by Crippen LogP contribution is 2.29. The standard InChI is InChI=1S/C17H24N4O3/c1-12(11-21-9-5-8-18-21)19-17(22)20-13(2)14-6-7-15(23-3)16(10-14)24-4/h5-10,12-13H,11H2,1-4H3,(H2,19,20,22)/t12-,13+/m1/s1. The summed E-state index contributed by atoms with van der Waals surface area (Å²) in [5, 5.41) is 9.95. The molecule has 2 rings (SSSR count). The smallest absolute Gasteiger partial charge is 0.315 e. The zero-order valence-corrected chi connectivity index (χ0v) is 14.4. The van der Waals surface area contributed by atoms with Crippen molar-refractivity contribution in [2.75, 3.05) is 14.2 Å². The van der Waals surface area contributed by atoms with E-state index in [1.165, 1.54) is 0 Å². The lowest BCUT2D eigenvalue weighted by Gasteiger charge is -2.19. The first-order chi connectivity index (χ1) is 11.5. The number of carbonyl (C=O) groups excluding carboxylic acids is 1. The van der Waals surface area contributed by atoms with Crippen LogP contribution in [0.4, 0.5) is 4.79 Å². The van der Waals surface area contributed by atoms with E-state index in [0.717, 1.165) is 5.56 Å². The fraction of sp³-hybridized carbons (Fsp3) is 0.412. The molecule has 2 atom stereocenters. The highest BCUT2D eigenvalue weighted by atomic mass is 16.5. The van der Waals surface area contributed by atoms with Crippen LogP contribution >= 0.6 is 0 Å². The second kappa shape index (κ2) is 8.24. The molecule has 0 aliphatic rings. The monoisotopic (exact) mass is 332 g/mol. The number of rotatable bonds is 7. The first-order valence-electron chi connectivity index (χ1n) is 7.80. The second-order valence-corrected chi connectivity index (χ2v) is 5.58. The molecule has 0 radical (unpaired) electrons. The highest BCUT2D eigenvalue weighted by Gasteiger charge is 2.14. The van der Waals surface area contributed by atoms with Gasteiger partial charge in [-0.3, -0.25) is 4.68 Å². The van der Waals surface area contributed by atoms with Crippen molar-refractivity contribution in [3.63, 3.8) is 0 Å². The maximum absolute atomic E-state index is 12.1. The first kappa shape index (κ1) is 17.7. The normalized spacial score (nSPS) is 13.0. The van der Waals surface area contributed by atoms with Gasteiger partial charge in [0.25, 0.3) is 0 Å². The summed E-state index contributed by atoms with van der Waals surface area (Å²) < 4.78 is 12.3. The molecule has 130 valence electrons. The van der Waals surface area contributed by atoms with Gasteiger partial charge in [0.15, 0.2) is 11.5 Å². The van der Waals surface area contributed by atoms with Crippen LogP contribution in [0.15, 0.2) is 36.7 Å². The van der Waals surface area contributed by atoms with Gasteiger partial charge in [-0.25, -0.2) is 4.79 Å². The van der Waals surface area contributed by atoms with Gasteiger partial charge in [0.1, 0.15) is 0 Å². The predicted octanol–water partition coefficient (Wildman–Crippen LogP) is 2.35. The Bertz CT molecular complexity index is 658. The van der Waals surface area contributed by atoms with Gasteiger partial charge < -0.3 is 20.1 Å². The van der Waals surface area contributed by atoms with Crippen molar-refractivity contribution in [3.05, 3.63) is 42.2 Å². The third-order valence-corrected chi connectivity index (χ3v) is 3.65. The molecule has 1 heterocycles. The third kappa shape index (κ3) is 4.65. The van der Waals surface area contributed by atoms with E-state index in [9.17, 15) is 4.79 Å². The van der Waals surface area contributed by atoms with Crippen LogP contribution in [0.5, 0.6) is 11.5 Å². The minimum atomic E-state index is -0.225. The fourth-order valence-corrected chi connectivity index (χ4v) is 2.40. The van der Waals surface area contributed by atoms with E-state index >= 15 is 0 Å². The van der Waals surface area contributed by atoms with E-state index in [4.69, 9.17) is 9.47 Å². The van der Waals surface area contributed by atoms with E-state index in [2.05, 4.69) is 15.7 Å². The molecule has 2 amide bonds. The second-order valence-electron chi connectivity index (χ2n) is 5.58. The zero-order chi connectivity index (χ0) is 17.5. The molecule has 1 aromatic carbocycles. The Labute approximate surface area is 142 Å². The topological polar surface area (TPSA) is 77.4 Å². The predicted molar refractivity (Wildman–Crippen MR) is 91.3 cm³/mol. The number of hydrogen-bond acceptors (Lipinski definition) is 4. The van der Waals surface area contributed by atoms with Crippen LogP contribution in [0, 0.1) is 0 Å². The summed E-state index contributed by atoms with van der Waals surface area (Å²) in [5.41, 5.74) is 0.933. The molecule has 7 heteroatoms. The number of ether oxygens (including phenoxy) is 2. The number of aromatic nitrogens is 2. The lowest BCUT2D eigenvalue weighted by atomic mass is 10.1. The van der Waals surface area contributed by atoms with Crippen LogP contribution in [0.25, 0.3) is 0 Å².